The zero-order chi connectivity index (χ0) is 61.9. The highest BCUT2D eigenvalue weighted by molar-refractivity contribution is 7.95. The van der Waals surface area contributed by atoms with Gasteiger partial charge in [-0.15, -0.1) is 0 Å². The minimum atomic E-state index is -2.18. The zero-order valence-corrected chi connectivity index (χ0v) is 53.6. The Morgan fingerprint density at radius 3 is 0.652 bits per heavy atom. The molecular formula is C86H70N4P2+2. The zero-order valence-electron chi connectivity index (χ0n) is 51.8. The molecule has 0 atom stereocenters. The van der Waals surface area contributed by atoms with Crippen LogP contribution < -0.4 is 31.8 Å². The maximum absolute atomic E-state index is 5.80. The standard InChI is InChI=1S/C86H70N4P2/c1-3-61-35-43-65(44-36-61)83-75-51-52-76(87-75)84(66-45-37-62(4-2)38-46-66)78-54-56-80(89-78)86(68-49-41-64(42-50-68)60-92(72-29-17-8-18-30-72,73-31-19-9-20-32-73)74-33-21-10-22-34-74)82-58-57-81(90-82)85(79-55-53-77(83)88-79)67-47-39-63(40-48-67)59-91(69-23-11-5-12-24-69,70-25-13-6-14-26-70)71-27-15-7-16-28-71/h5-58,88-89H,3-4,59-60H2,1-2H3/q+2. The van der Waals surface area contributed by atoms with Crippen molar-refractivity contribution in [2.75, 3.05) is 0 Å². The van der Waals surface area contributed by atoms with Crippen molar-refractivity contribution >= 4 is 92.7 Å². The monoisotopic (exact) mass is 1220 g/mol. The minimum Gasteiger partial charge on any atom is -0.354 e. The van der Waals surface area contributed by atoms with E-state index in [1.54, 1.807) is 0 Å². The fourth-order valence-electron chi connectivity index (χ4n) is 13.9. The molecule has 92 heavy (non-hydrogen) atoms. The van der Waals surface area contributed by atoms with Gasteiger partial charge in [-0.05, 0) is 179 Å². The van der Waals surface area contributed by atoms with Crippen LogP contribution in [0.3, 0.4) is 0 Å². The first kappa shape index (κ1) is 58.1. The van der Waals surface area contributed by atoms with Crippen LogP contribution in [0.1, 0.15) is 58.9 Å². The number of H-pyrrole nitrogens is 2. The van der Waals surface area contributed by atoms with E-state index < -0.39 is 14.5 Å². The molecule has 5 heterocycles. The van der Waals surface area contributed by atoms with Gasteiger partial charge in [0.05, 0.1) is 35.1 Å². The van der Waals surface area contributed by atoms with Gasteiger partial charge in [-0.1, -0.05) is 220 Å². The Balaban J connectivity index is 0.952. The Labute approximate surface area is 541 Å². The first-order chi connectivity index (χ1) is 45.4. The fourth-order valence-corrected chi connectivity index (χ4v) is 22.4. The van der Waals surface area contributed by atoms with Crippen LogP contribution in [-0.4, -0.2) is 19.9 Å². The lowest BCUT2D eigenvalue weighted by molar-refractivity contribution is 1.14. The summed E-state index contributed by atoms with van der Waals surface area (Å²) in [6.45, 7) is 4.42. The second-order valence-electron chi connectivity index (χ2n) is 23.9. The van der Waals surface area contributed by atoms with Crippen LogP contribution in [0.4, 0.5) is 0 Å². The van der Waals surface area contributed by atoms with Gasteiger partial charge in [-0.3, -0.25) is 0 Å². The third-order valence-corrected chi connectivity index (χ3v) is 27.3. The van der Waals surface area contributed by atoms with Crippen LogP contribution in [0.25, 0.3) is 90.9 Å². The van der Waals surface area contributed by atoms with Gasteiger partial charge in [0.25, 0.3) is 0 Å². The van der Waals surface area contributed by atoms with Crippen molar-refractivity contribution in [2.45, 2.75) is 39.0 Å². The van der Waals surface area contributed by atoms with E-state index in [0.717, 1.165) is 115 Å². The molecule has 2 N–H and O–H groups in total. The van der Waals surface area contributed by atoms with Crippen molar-refractivity contribution in [2.24, 2.45) is 0 Å². The quantitative estimate of drug-likeness (QED) is 0.0947. The number of aromatic amines is 2. The lowest BCUT2D eigenvalue weighted by Crippen LogP contribution is -2.32. The first-order valence-corrected chi connectivity index (χ1v) is 36.0. The third kappa shape index (κ3) is 11.0. The molecule has 0 spiro atoms. The second-order valence-corrected chi connectivity index (χ2v) is 30.9. The normalized spacial score (nSPS) is 12.1. The topological polar surface area (TPSA) is 57.4 Å². The largest absolute Gasteiger partial charge is 0.354 e. The summed E-state index contributed by atoms with van der Waals surface area (Å²) in [5, 5.41) is 8.17. The first-order valence-electron chi connectivity index (χ1n) is 32.1. The van der Waals surface area contributed by atoms with Gasteiger partial charge in [-0.2, -0.15) is 0 Å². The molecule has 6 heteroatoms. The van der Waals surface area contributed by atoms with Crippen LogP contribution in [-0.2, 0) is 25.2 Å². The van der Waals surface area contributed by atoms with Crippen LogP contribution in [0, 0.1) is 0 Å². The van der Waals surface area contributed by atoms with Crippen LogP contribution in [0.2, 0.25) is 0 Å². The third-order valence-electron chi connectivity index (χ3n) is 18.6. The van der Waals surface area contributed by atoms with Gasteiger partial charge < -0.3 is 9.97 Å². The van der Waals surface area contributed by atoms with E-state index in [1.165, 1.54) is 54.1 Å². The lowest BCUT2D eigenvalue weighted by Gasteiger charge is -2.28. The summed E-state index contributed by atoms with van der Waals surface area (Å²) in [6.07, 6.45) is 12.5. The van der Waals surface area contributed by atoms with Gasteiger partial charge >= 0.3 is 0 Å². The summed E-state index contributed by atoms with van der Waals surface area (Å²) >= 11 is 0. The molecule has 0 saturated carbocycles. The van der Waals surface area contributed by atoms with Gasteiger partial charge in [0.15, 0.2) is 0 Å². The number of fused-ring (bicyclic) bond motifs is 8. The number of aromatic nitrogens is 4. The highest BCUT2D eigenvalue weighted by Crippen LogP contribution is 2.59. The SMILES string of the molecule is CCc1ccc(-c2c3nc(c(-c4ccc(CC)cc4)c4ccc([nH]4)c(-c4ccc(C[P+](c5ccccc5)(c5ccccc5)c5ccccc5)cc4)c4nc(c(-c5ccc(C[P+](c6ccccc6)(c6ccccc6)c6ccccc6)cc5)c5ccc2[nH]5)C=C4)C=C3)cc1. The van der Waals surface area contributed by atoms with E-state index in [0.29, 0.717) is 0 Å². The van der Waals surface area contributed by atoms with Gasteiger partial charge in [0.1, 0.15) is 46.4 Å². The molecule has 15 rings (SSSR count). The summed E-state index contributed by atoms with van der Waals surface area (Å²) in [5.74, 6) is 0. The number of nitrogens with one attached hydrogen (secondary N) is 2. The van der Waals surface area contributed by atoms with Crippen LogP contribution >= 0.6 is 14.5 Å². The number of benzene rings is 10. The van der Waals surface area contributed by atoms with Crippen molar-refractivity contribution in [3.05, 3.63) is 348 Å². The Hall–Kier alpha value is -10.3. The molecular weight excluding hydrogens is 1150 g/mol. The summed E-state index contributed by atoms with van der Waals surface area (Å²) < 4.78 is 0. The Kier molecular flexibility index (Phi) is 16.1. The summed E-state index contributed by atoms with van der Waals surface area (Å²) in [6, 6.07) is 113. The molecule has 4 nitrogen and oxygen atoms in total. The molecule has 0 saturated heterocycles. The molecule has 2 aliphatic rings. The van der Waals surface area contributed by atoms with Crippen molar-refractivity contribution in [1.82, 2.24) is 19.9 Å². The van der Waals surface area contributed by atoms with E-state index in [4.69, 9.17) is 9.97 Å². The summed E-state index contributed by atoms with van der Waals surface area (Å²) in [7, 11) is -4.36. The molecule has 0 unspecified atom stereocenters. The van der Waals surface area contributed by atoms with E-state index in [9.17, 15) is 0 Å². The van der Waals surface area contributed by atoms with E-state index in [2.05, 4.69) is 351 Å². The van der Waals surface area contributed by atoms with Crippen LogP contribution in [0.15, 0.2) is 303 Å². The second kappa shape index (κ2) is 25.5. The smallest absolute Gasteiger partial charge is 0.116 e. The highest BCUT2D eigenvalue weighted by Gasteiger charge is 2.47. The number of rotatable bonds is 16. The predicted molar refractivity (Wildman–Crippen MR) is 397 cm³/mol. The maximum Gasteiger partial charge on any atom is 0.116 e. The Morgan fingerprint density at radius 2 is 0.446 bits per heavy atom. The molecule has 3 aromatic heterocycles. The van der Waals surface area contributed by atoms with Crippen molar-refractivity contribution in [3.63, 3.8) is 0 Å². The predicted octanol–water partition coefficient (Wildman–Crippen LogP) is 19.4. The maximum atomic E-state index is 5.80. The number of aryl methyl sites for hydroxylation is 2. The average molecular weight is 1220 g/mol. The van der Waals surface area contributed by atoms with E-state index in [1.807, 2.05) is 0 Å². The molecule has 0 fully saturated rings. The molecule has 0 aliphatic carbocycles. The van der Waals surface area contributed by atoms with E-state index in [-0.39, 0.29) is 0 Å². The van der Waals surface area contributed by atoms with Crippen molar-refractivity contribution < 1.29 is 0 Å². The number of hydrogen-bond donors (Lipinski definition) is 2. The number of nitrogens with zero attached hydrogens (tertiary/aromatic N) is 2. The molecule has 10 aromatic carbocycles. The molecule has 2 aliphatic heterocycles. The molecule has 442 valence electrons. The van der Waals surface area contributed by atoms with Gasteiger partial charge in [-0.25, -0.2) is 9.97 Å². The van der Waals surface area contributed by atoms with Gasteiger partial charge in [0.2, 0.25) is 0 Å². The molecule has 13 aromatic rings. The van der Waals surface area contributed by atoms with Crippen molar-refractivity contribution in [1.29, 1.82) is 0 Å². The Morgan fingerprint density at radius 1 is 0.239 bits per heavy atom. The summed E-state index contributed by atoms with van der Waals surface area (Å²) in [4.78, 5) is 19.5. The highest BCUT2D eigenvalue weighted by atomic mass is 31.2. The van der Waals surface area contributed by atoms with Crippen LogP contribution in [0.5, 0.6) is 0 Å². The van der Waals surface area contributed by atoms with Gasteiger partial charge in [0, 0.05) is 44.3 Å². The minimum absolute atomic E-state index is 0.863. The number of hydrogen-bond acceptors (Lipinski definition) is 2. The fraction of sp³-hybridized carbons (Fsp3) is 0.0698. The lowest BCUT2D eigenvalue weighted by atomic mass is 10.0. The molecule has 0 radical (unpaired) electrons. The Bertz CT molecular complexity index is 4480. The van der Waals surface area contributed by atoms with E-state index >= 15 is 0 Å². The summed E-state index contributed by atoms with van der Waals surface area (Å²) in [5.41, 5.74) is 21.0. The van der Waals surface area contributed by atoms with Crippen molar-refractivity contribution in [3.8, 4) is 44.5 Å². The molecule has 0 amide bonds. The molecule has 8 bridgehead atoms. The average Bonchev–Trinajstić information content (AvgIpc) is 0.870.